The van der Waals surface area contributed by atoms with E-state index in [1.807, 2.05) is 30.0 Å². The first-order valence-electron chi connectivity index (χ1n) is 6.94. The van der Waals surface area contributed by atoms with Crippen LogP contribution in [-0.2, 0) is 0 Å². The fraction of sp³-hybridized carbons (Fsp3) is 0.533. The number of aryl methyl sites for hydroxylation is 1. The normalized spacial score (nSPS) is 23.5. The van der Waals surface area contributed by atoms with E-state index in [9.17, 15) is 4.79 Å². The van der Waals surface area contributed by atoms with Gasteiger partial charge in [0.2, 0.25) is 0 Å². The number of carbonyl (C=O) groups is 1. The average molecular weight is 323 g/mol. The molecule has 1 atom stereocenters. The molecule has 2 fully saturated rings. The molecule has 2 saturated heterocycles. The second-order valence-corrected chi connectivity index (χ2v) is 6.40. The number of piperazine rings is 1. The summed E-state index contributed by atoms with van der Waals surface area (Å²) in [6.07, 6.45) is 2.52. The fourth-order valence-electron chi connectivity index (χ4n) is 3.08. The number of hydrogen-bond acceptors (Lipinski definition) is 2. The van der Waals surface area contributed by atoms with Crippen molar-refractivity contribution < 1.29 is 4.79 Å². The maximum atomic E-state index is 12.5. The minimum absolute atomic E-state index is 0.173. The summed E-state index contributed by atoms with van der Waals surface area (Å²) in [7, 11) is 0. The number of hydrogen-bond donors (Lipinski definition) is 0. The van der Waals surface area contributed by atoms with E-state index < -0.39 is 0 Å². The van der Waals surface area contributed by atoms with E-state index in [-0.39, 0.29) is 5.91 Å². The maximum absolute atomic E-state index is 12.5. The van der Waals surface area contributed by atoms with Gasteiger partial charge in [-0.3, -0.25) is 9.69 Å². The summed E-state index contributed by atoms with van der Waals surface area (Å²) in [6, 6.07) is 6.47. The van der Waals surface area contributed by atoms with Crippen molar-refractivity contribution in [1.82, 2.24) is 9.80 Å². The van der Waals surface area contributed by atoms with Crippen LogP contribution in [0.4, 0.5) is 0 Å². The molecule has 19 heavy (non-hydrogen) atoms. The van der Waals surface area contributed by atoms with Crippen molar-refractivity contribution in [3.8, 4) is 0 Å². The van der Waals surface area contributed by atoms with Crippen LogP contribution in [0.15, 0.2) is 22.7 Å². The van der Waals surface area contributed by atoms with Gasteiger partial charge in [0.15, 0.2) is 0 Å². The third kappa shape index (κ3) is 2.56. The number of benzene rings is 1. The number of halogens is 1. The van der Waals surface area contributed by atoms with Gasteiger partial charge < -0.3 is 4.90 Å². The minimum Gasteiger partial charge on any atom is -0.336 e. The molecule has 0 bridgehead atoms. The Morgan fingerprint density at radius 3 is 2.95 bits per heavy atom. The van der Waals surface area contributed by atoms with Crippen molar-refractivity contribution in [2.45, 2.75) is 25.8 Å². The summed E-state index contributed by atoms with van der Waals surface area (Å²) in [6.45, 7) is 6.03. The molecule has 1 unspecified atom stereocenters. The molecule has 1 amide bonds. The largest absolute Gasteiger partial charge is 0.336 e. The lowest BCUT2D eigenvalue weighted by Gasteiger charge is -2.37. The Morgan fingerprint density at radius 1 is 1.32 bits per heavy atom. The molecule has 1 aromatic carbocycles. The van der Waals surface area contributed by atoms with Gasteiger partial charge >= 0.3 is 0 Å². The third-order valence-corrected chi connectivity index (χ3v) is 5.15. The topological polar surface area (TPSA) is 23.6 Å². The zero-order chi connectivity index (χ0) is 13.4. The highest BCUT2D eigenvalue weighted by Crippen LogP contribution is 2.24. The van der Waals surface area contributed by atoms with Gasteiger partial charge in [-0.2, -0.15) is 0 Å². The molecule has 0 aliphatic carbocycles. The molecule has 0 aromatic heterocycles. The zero-order valence-electron chi connectivity index (χ0n) is 11.2. The first kappa shape index (κ1) is 13.1. The van der Waals surface area contributed by atoms with Gasteiger partial charge in [-0.1, -0.05) is 22.0 Å². The van der Waals surface area contributed by atoms with Crippen LogP contribution < -0.4 is 0 Å². The van der Waals surface area contributed by atoms with E-state index in [1.165, 1.54) is 19.4 Å². The van der Waals surface area contributed by atoms with E-state index in [1.54, 1.807) is 0 Å². The van der Waals surface area contributed by atoms with Gasteiger partial charge in [-0.25, -0.2) is 0 Å². The number of rotatable bonds is 1. The van der Waals surface area contributed by atoms with E-state index in [2.05, 4.69) is 20.8 Å². The lowest BCUT2D eigenvalue weighted by molar-refractivity contribution is 0.0571. The Kier molecular flexibility index (Phi) is 3.63. The molecule has 2 aliphatic heterocycles. The highest BCUT2D eigenvalue weighted by Gasteiger charge is 2.32. The molecule has 4 heteroatoms. The fourth-order valence-corrected chi connectivity index (χ4v) is 3.46. The first-order chi connectivity index (χ1) is 9.15. The van der Waals surface area contributed by atoms with Gasteiger partial charge in [-0.05, 0) is 44.0 Å². The van der Waals surface area contributed by atoms with Gasteiger partial charge in [-0.15, -0.1) is 0 Å². The van der Waals surface area contributed by atoms with Crippen molar-refractivity contribution in [2.24, 2.45) is 0 Å². The quantitative estimate of drug-likeness (QED) is 0.793. The molecule has 2 aliphatic rings. The van der Waals surface area contributed by atoms with Crippen LogP contribution in [0.25, 0.3) is 0 Å². The molecule has 2 heterocycles. The van der Waals surface area contributed by atoms with Crippen LogP contribution >= 0.6 is 15.9 Å². The van der Waals surface area contributed by atoms with Gasteiger partial charge in [0.05, 0.1) is 0 Å². The average Bonchev–Trinajstić information content (AvgIpc) is 2.88. The van der Waals surface area contributed by atoms with Crippen molar-refractivity contribution in [1.29, 1.82) is 0 Å². The van der Waals surface area contributed by atoms with E-state index >= 15 is 0 Å². The van der Waals surface area contributed by atoms with Gasteiger partial charge in [0.1, 0.15) is 0 Å². The second kappa shape index (κ2) is 5.25. The van der Waals surface area contributed by atoms with Gasteiger partial charge in [0, 0.05) is 35.7 Å². The number of amides is 1. The Hall–Kier alpha value is -0.870. The van der Waals surface area contributed by atoms with Crippen LogP contribution in [-0.4, -0.2) is 47.9 Å². The SMILES string of the molecule is Cc1ccc(C(=O)N2CCN3CCCC3C2)cc1Br. The molecule has 0 N–H and O–H groups in total. The summed E-state index contributed by atoms with van der Waals surface area (Å²) in [4.78, 5) is 17.1. The molecule has 0 spiro atoms. The number of nitrogens with zero attached hydrogens (tertiary/aromatic N) is 2. The molecule has 1 aromatic rings. The Balaban J connectivity index is 1.74. The van der Waals surface area contributed by atoms with E-state index in [0.717, 1.165) is 35.2 Å². The maximum Gasteiger partial charge on any atom is 0.253 e. The highest BCUT2D eigenvalue weighted by atomic mass is 79.9. The van der Waals surface area contributed by atoms with Crippen LogP contribution in [0.2, 0.25) is 0 Å². The Bertz CT molecular complexity index is 503. The molecule has 0 radical (unpaired) electrons. The predicted octanol–water partition coefficient (Wildman–Crippen LogP) is 2.68. The Labute approximate surface area is 122 Å². The summed E-state index contributed by atoms with van der Waals surface area (Å²) in [5.74, 6) is 0.173. The van der Waals surface area contributed by atoms with Gasteiger partial charge in [0.25, 0.3) is 5.91 Å². The monoisotopic (exact) mass is 322 g/mol. The molecule has 3 nitrogen and oxygen atoms in total. The van der Waals surface area contributed by atoms with Crippen LogP contribution in [0, 0.1) is 6.92 Å². The predicted molar refractivity (Wildman–Crippen MR) is 79.4 cm³/mol. The van der Waals surface area contributed by atoms with Crippen molar-refractivity contribution in [3.05, 3.63) is 33.8 Å². The summed E-state index contributed by atoms with van der Waals surface area (Å²) >= 11 is 3.50. The van der Waals surface area contributed by atoms with Crippen molar-refractivity contribution >= 4 is 21.8 Å². The number of carbonyl (C=O) groups excluding carboxylic acids is 1. The molecule has 102 valence electrons. The van der Waals surface area contributed by atoms with Crippen molar-refractivity contribution in [2.75, 3.05) is 26.2 Å². The summed E-state index contributed by atoms with van der Waals surface area (Å²) in [5, 5.41) is 0. The van der Waals surface area contributed by atoms with E-state index in [4.69, 9.17) is 0 Å². The first-order valence-corrected chi connectivity index (χ1v) is 7.74. The van der Waals surface area contributed by atoms with E-state index in [0.29, 0.717) is 6.04 Å². The Morgan fingerprint density at radius 2 is 2.16 bits per heavy atom. The molecule has 0 saturated carbocycles. The van der Waals surface area contributed by atoms with Crippen LogP contribution in [0.1, 0.15) is 28.8 Å². The van der Waals surface area contributed by atoms with Crippen LogP contribution in [0.5, 0.6) is 0 Å². The lowest BCUT2D eigenvalue weighted by atomic mass is 10.1. The molecular formula is C15H19BrN2O. The van der Waals surface area contributed by atoms with Crippen LogP contribution in [0.3, 0.4) is 0 Å². The standard InChI is InChI=1S/C15H19BrN2O/c1-11-4-5-12(9-14(11)16)15(19)18-8-7-17-6-2-3-13(17)10-18/h4-5,9,13H,2-3,6-8,10H2,1H3. The second-order valence-electron chi connectivity index (χ2n) is 5.55. The summed E-state index contributed by atoms with van der Waals surface area (Å²) in [5.41, 5.74) is 1.96. The third-order valence-electron chi connectivity index (χ3n) is 4.29. The zero-order valence-corrected chi connectivity index (χ0v) is 12.8. The molecular weight excluding hydrogens is 304 g/mol. The summed E-state index contributed by atoms with van der Waals surface area (Å²) < 4.78 is 1.01. The van der Waals surface area contributed by atoms with Crippen molar-refractivity contribution in [3.63, 3.8) is 0 Å². The highest BCUT2D eigenvalue weighted by molar-refractivity contribution is 9.10. The molecule has 3 rings (SSSR count). The number of fused-ring (bicyclic) bond motifs is 1. The minimum atomic E-state index is 0.173. The lowest BCUT2D eigenvalue weighted by Crippen LogP contribution is -2.52. The smallest absolute Gasteiger partial charge is 0.253 e.